The second-order valence-electron chi connectivity index (χ2n) is 7.82. The van der Waals surface area contributed by atoms with Crippen molar-refractivity contribution in [1.29, 1.82) is 0 Å². The maximum absolute atomic E-state index is 13.6. The number of nitrogens with zero attached hydrogens (tertiary/aromatic N) is 1. The van der Waals surface area contributed by atoms with Crippen LogP contribution < -0.4 is 0 Å². The minimum Gasteiger partial charge on any atom is -0.377 e. The van der Waals surface area contributed by atoms with Crippen LogP contribution >= 0.6 is 23.5 Å². The zero-order valence-electron chi connectivity index (χ0n) is 21.6. The number of carbonyl (C=O) groups is 1. The van der Waals surface area contributed by atoms with E-state index in [9.17, 15) is 4.79 Å². The van der Waals surface area contributed by atoms with Gasteiger partial charge >= 0.3 is 17.6 Å². The molecule has 8 nitrogen and oxygen atoms in total. The molecule has 0 aromatic heterocycles. The first-order valence-corrected chi connectivity index (χ1v) is 16.7. The second-order valence-corrected chi connectivity index (χ2v) is 17.7. The monoisotopic (exact) mass is 531 g/mol. The Kier molecular flexibility index (Phi) is 17.1. The summed E-state index contributed by atoms with van der Waals surface area (Å²) >= 11 is 3.42. The number of hydrogen-bond acceptors (Lipinski definition) is 9. The Morgan fingerprint density at radius 2 is 1.00 bits per heavy atom. The van der Waals surface area contributed by atoms with Crippen molar-refractivity contribution in [3.63, 3.8) is 0 Å². The van der Waals surface area contributed by atoms with Crippen LogP contribution in [0.15, 0.2) is 0 Å². The summed E-state index contributed by atoms with van der Waals surface area (Å²) in [5.41, 5.74) is 0. The summed E-state index contributed by atoms with van der Waals surface area (Å²) in [6.07, 6.45) is 1.47. The van der Waals surface area contributed by atoms with E-state index in [1.54, 1.807) is 66.2 Å². The van der Waals surface area contributed by atoms with E-state index in [1.807, 2.05) is 4.90 Å². The van der Waals surface area contributed by atoms with Gasteiger partial charge in [0.2, 0.25) is 5.91 Å². The van der Waals surface area contributed by atoms with Crippen LogP contribution in [0.3, 0.4) is 0 Å². The molecule has 0 aliphatic heterocycles. The van der Waals surface area contributed by atoms with Crippen molar-refractivity contribution in [3.8, 4) is 0 Å². The molecule has 0 saturated carbocycles. The first-order chi connectivity index (χ1) is 15.1. The van der Waals surface area contributed by atoms with E-state index in [-0.39, 0.29) is 10.5 Å². The summed E-state index contributed by atoms with van der Waals surface area (Å²) < 4.78 is 33.1. The number of carbonyl (C=O) groups excluding carboxylic acids is 1. The lowest BCUT2D eigenvalue weighted by Gasteiger charge is -2.31. The van der Waals surface area contributed by atoms with Gasteiger partial charge in [-0.05, 0) is 12.8 Å². The van der Waals surface area contributed by atoms with Gasteiger partial charge in [-0.25, -0.2) is 0 Å². The van der Waals surface area contributed by atoms with Crippen LogP contribution in [0.2, 0.25) is 12.1 Å². The quantitative estimate of drug-likeness (QED) is 0.182. The molecule has 32 heavy (non-hydrogen) atoms. The van der Waals surface area contributed by atoms with Gasteiger partial charge in [0.25, 0.3) is 0 Å². The highest BCUT2D eigenvalue weighted by molar-refractivity contribution is 8.18. The normalized spacial score (nSPS) is 12.9. The Hall–Kier alpha value is 0.364. The van der Waals surface area contributed by atoms with E-state index in [0.717, 1.165) is 12.8 Å². The standard InChI is InChI=1S/C20H45NO7S2Si2/c1-17(2)29-20(30-18(3)4)19(22)21(13-11-15-31(23-5,24-6)25-7)14-12-16-32(26-8,27-9)28-10/h17-18,20H,11-16H2,1-10H3. The Morgan fingerprint density at radius 3 is 1.25 bits per heavy atom. The fraction of sp³-hybridized carbons (Fsp3) is 0.950. The average Bonchev–Trinajstić information content (AvgIpc) is 2.77. The number of amides is 1. The zero-order valence-corrected chi connectivity index (χ0v) is 25.2. The molecule has 0 rings (SSSR count). The van der Waals surface area contributed by atoms with Crippen LogP contribution in [-0.2, 0) is 31.4 Å². The molecule has 12 heteroatoms. The Balaban J connectivity index is 5.39. The van der Waals surface area contributed by atoms with Gasteiger partial charge in [-0.1, -0.05) is 27.7 Å². The lowest BCUT2D eigenvalue weighted by Crippen LogP contribution is -2.45. The highest BCUT2D eigenvalue weighted by atomic mass is 32.2. The molecular formula is C20H45NO7S2Si2. The third-order valence-electron chi connectivity index (χ3n) is 4.99. The largest absolute Gasteiger partial charge is 0.500 e. The summed E-state index contributed by atoms with van der Waals surface area (Å²) in [6.45, 7) is 9.73. The van der Waals surface area contributed by atoms with Crippen molar-refractivity contribution < 1.29 is 31.4 Å². The minimum atomic E-state index is -2.68. The Bertz CT molecular complexity index is 458. The molecule has 0 radical (unpaired) electrons. The van der Waals surface area contributed by atoms with Gasteiger partial charge in [0.05, 0.1) is 0 Å². The van der Waals surface area contributed by atoms with Crippen molar-refractivity contribution in [2.24, 2.45) is 0 Å². The molecular weight excluding hydrogens is 487 g/mol. The third-order valence-corrected chi connectivity index (χ3v) is 13.3. The number of thioether (sulfide) groups is 2. The molecule has 0 aliphatic carbocycles. The molecule has 0 N–H and O–H groups in total. The number of rotatable bonds is 19. The first-order valence-electron chi connectivity index (χ1n) is 11.0. The average molecular weight is 532 g/mol. The molecule has 1 amide bonds. The van der Waals surface area contributed by atoms with Crippen molar-refractivity contribution in [2.45, 2.75) is 67.7 Å². The highest BCUT2D eigenvalue weighted by Crippen LogP contribution is 2.32. The van der Waals surface area contributed by atoms with Crippen molar-refractivity contribution in [1.82, 2.24) is 4.90 Å². The van der Waals surface area contributed by atoms with Crippen molar-refractivity contribution in [3.05, 3.63) is 0 Å². The second kappa shape index (κ2) is 16.9. The van der Waals surface area contributed by atoms with Gasteiger partial charge in [0, 0.05) is 78.3 Å². The summed E-state index contributed by atoms with van der Waals surface area (Å²) in [5, 5.41) is 0.728. The maximum Gasteiger partial charge on any atom is 0.500 e. The molecule has 0 atom stereocenters. The van der Waals surface area contributed by atoms with Crippen LogP contribution in [0, 0.1) is 0 Å². The molecule has 0 aromatic rings. The van der Waals surface area contributed by atoms with Crippen LogP contribution in [0.4, 0.5) is 0 Å². The van der Waals surface area contributed by atoms with Gasteiger partial charge in [0.15, 0.2) is 0 Å². The zero-order chi connectivity index (χ0) is 24.8. The van der Waals surface area contributed by atoms with Gasteiger partial charge in [0.1, 0.15) is 4.58 Å². The minimum absolute atomic E-state index is 0.140. The summed E-state index contributed by atoms with van der Waals surface area (Å²) in [4.78, 5) is 15.5. The van der Waals surface area contributed by atoms with E-state index < -0.39 is 17.6 Å². The van der Waals surface area contributed by atoms with E-state index in [4.69, 9.17) is 26.6 Å². The van der Waals surface area contributed by atoms with E-state index >= 15 is 0 Å². The molecule has 0 saturated heterocycles. The van der Waals surface area contributed by atoms with Crippen LogP contribution in [0.5, 0.6) is 0 Å². The van der Waals surface area contributed by atoms with Gasteiger partial charge in [-0.3, -0.25) is 4.79 Å². The predicted molar refractivity (Wildman–Crippen MR) is 138 cm³/mol. The third kappa shape index (κ3) is 11.2. The molecule has 192 valence electrons. The van der Waals surface area contributed by atoms with E-state index in [0.29, 0.717) is 35.7 Å². The van der Waals surface area contributed by atoms with Gasteiger partial charge < -0.3 is 31.5 Å². The topological polar surface area (TPSA) is 75.7 Å². The van der Waals surface area contributed by atoms with E-state index in [2.05, 4.69) is 27.7 Å². The van der Waals surface area contributed by atoms with Gasteiger partial charge in [-0.2, -0.15) is 0 Å². The molecule has 0 aliphatic rings. The highest BCUT2D eigenvalue weighted by Gasteiger charge is 2.39. The maximum atomic E-state index is 13.6. The van der Waals surface area contributed by atoms with Crippen molar-refractivity contribution >= 4 is 47.0 Å². The summed E-state index contributed by atoms with van der Waals surface area (Å²) in [7, 11) is 4.32. The molecule has 0 aromatic carbocycles. The van der Waals surface area contributed by atoms with Crippen LogP contribution in [0.1, 0.15) is 40.5 Å². The smallest absolute Gasteiger partial charge is 0.377 e. The molecule has 0 unspecified atom stereocenters. The van der Waals surface area contributed by atoms with Crippen molar-refractivity contribution in [2.75, 3.05) is 55.7 Å². The first kappa shape index (κ1) is 32.4. The van der Waals surface area contributed by atoms with Gasteiger partial charge in [-0.15, -0.1) is 23.5 Å². The lowest BCUT2D eigenvalue weighted by molar-refractivity contribution is -0.129. The molecule has 0 bridgehead atoms. The lowest BCUT2D eigenvalue weighted by atomic mass is 10.3. The SMILES string of the molecule is CO[Si](CCCN(CCC[Si](OC)(OC)OC)C(=O)C(SC(C)C)SC(C)C)(OC)OC. The Morgan fingerprint density at radius 1 is 0.688 bits per heavy atom. The van der Waals surface area contributed by atoms with Crippen LogP contribution in [-0.4, -0.2) is 99.2 Å². The molecule has 0 fully saturated rings. The predicted octanol–water partition coefficient (Wildman–Crippen LogP) is 3.96. The Labute approximate surface area is 206 Å². The summed E-state index contributed by atoms with van der Waals surface area (Å²) in [6, 6.07) is 1.29. The van der Waals surface area contributed by atoms with E-state index in [1.165, 1.54) is 0 Å². The molecule has 0 spiro atoms. The van der Waals surface area contributed by atoms with Crippen LogP contribution in [0.25, 0.3) is 0 Å². The molecule has 0 heterocycles. The number of hydrogen-bond donors (Lipinski definition) is 0. The fourth-order valence-corrected chi connectivity index (χ4v) is 9.73. The summed E-state index contributed by atoms with van der Waals surface area (Å²) in [5.74, 6) is 0.154. The fourth-order valence-electron chi connectivity index (χ4n) is 3.21.